The molecule has 0 spiro atoms. The molecule has 0 bridgehead atoms. The quantitative estimate of drug-likeness (QED) is 0.268. The molecule has 0 atom stereocenters. The summed E-state index contributed by atoms with van der Waals surface area (Å²) in [5, 5.41) is 0. The molecule has 0 unspecified atom stereocenters. The fourth-order valence-electron chi connectivity index (χ4n) is 4.85. The Balaban J connectivity index is 0.00000259. The highest BCUT2D eigenvalue weighted by Crippen LogP contribution is 2.56. The lowest BCUT2D eigenvalue weighted by Gasteiger charge is -2.42. The number of halogens is 2. The number of nitrogens with zero attached hydrogens (tertiary/aromatic N) is 2. The van der Waals surface area contributed by atoms with Gasteiger partial charge in [0.1, 0.15) is 4.87 Å². The van der Waals surface area contributed by atoms with Crippen LogP contribution in [-0.4, -0.2) is 13.1 Å². The van der Waals surface area contributed by atoms with Crippen LogP contribution in [0.4, 0.5) is 22.7 Å². The first-order valence-corrected chi connectivity index (χ1v) is 11.6. The van der Waals surface area contributed by atoms with Gasteiger partial charge in [-0.1, -0.05) is 66.7 Å². The summed E-state index contributed by atoms with van der Waals surface area (Å²) in [7, 11) is 0. The number of hydrogen-bond acceptors (Lipinski definition) is 2. The van der Waals surface area contributed by atoms with Crippen LogP contribution in [0.5, 0.6) is 0 Å². The predicted octanol–water partition coefficient (Wildman–Crippen LogP) is 8.27. The summed E-state index contributed by atoms with van der Waals surface area (Å²) in [6.07, 6.45) is 0. The van der Waals surface area contributed by atoms with Gasteiger partial charge in [-0.05, 0) is 55.8 Å². The van der Waals surface area contributed by atoms with Crippen LogP contribution in [0.3, 0.4) is 0 Å². The number of alkyl halides is 1. The normalized spacial score (nSPS) is 13.5. The van der Waals surface area contributed by atoms with Crippen molar-refractivity contribution in [3.05, 3.63) is 120 Å². The van der Waals surface area contributed by atoms with Gasteiger partial charge in [-0.2, -0.15) is 0 Å². The second kappa shape index (κ2) is 9.51. The van der Waals surface area contributed by atoms with Crippen molar-refractivity contribution in [3.63, 3.8) is 0 Å². The second-order valence-electron chi connectivity index (χ2n) is 8.08. The lowest BCUT2D eigenvalue weighted by molar-refractivity contribution is 0.845. The van der Waals surface area contributed by atoms with E-state index >= 15 is 0 Å². The van der Waals surface area contributed by atoms with E-state index in [0.717, 1.165) is 46.8 Å². The minimum Gasteiger partial charge on any atom is -0.372 e. The number of anilines is 4. The van der Waals surface area contributed by atoms with Gasteiger partial charge in [0.15, 0.2) is 0 Å². The Bertz CT molecular complexity index is 1170. The smallest absolute Gasteiger partial charge is 0.123 e. The number of para-hydroxylation sites is 3. The molecule has 0 saturated carbocycles. The number of fused-ring (bicyclic) bond motifs is 2. The van der Waals surface area contributed by atoms with E-state index in [9.17, 15) is 0 Å². The fourth-order valence-corrected chi connectivity index (χ4v) is 5.30. The SMILES string of the molecule is CCN(CC)c1ccc(C2(Cl)c3ccccc3N(c3ccccc3)c3ccccc32)cc1.Cl. The molecule has 0 fully saturated rings. The first-order valence-electron chi connectivity index (χ1n) is 11.3. The van der Waals surface area contributed by atoms with Crippen LogP contribution in [0, 0.1) is 0 Å². The molecule has 0 radical (unpaired) electrons. The summed E-state index contributed by atoms with van der Waals surface area (Å²) in [6.45, 7) is 6.34. The van der Waals surface area contributed by atoms with Gasteiger partial charge < -0.3 is 9.80 Å². The van der Waals surface area contributed by atoms with Gasteiger partial charge in [0, 0.05) is 35.6 Å². The average Bonchev–Trinajstić information content (AvgIpc) is 2.86. The molecular formula is C29H28Cl2N2. The Morgan fingerprint density at radius 1 is 0.667 bits per heavy atom. The summed E-state index contributed by atoms with van der Waals surface area (Å²) < 4.78 is 0. The molecule has 4 aromatic rings. The van der Waals surface area contributed by atoms with Gasteiger partial charge in [-0.3, -0.25) is 0 Å². The molecule has 0 aliphatic carbocycles. The van der Waals surface area contributed by atoms with Crippen LogP contribution in [0.2, 0.25) is 0 Å². The van der Waals surface area contributed by atoms with Crippen molar-refractivity contribution in [3.8, 4) is 0 Å². The Labute approximate surface area is 207 Å². The lowest BCUT2D eigenvalue weighted by atomic mass is 9.79. The van der Waals surface area contributed by atoms with Crippen molar-refractivity contribution in [1.29, 1.82) is 0 Å². The zero-order valence-electron chi connectivity index (χ0n) is 18.9. The largest absolute Gasteiger partial charge is 0.372 e. The third-order valence-electron chi connectivity index (χ3n) is 6.44. The van der Waals surface area contributed by atoms with E-state index in [-0.39, 0.29) is 12.4 Å². The summed E-state index contributed by atoms with van der Waals surface area (Å²) >= 11 is 7.67. The third kappa shape index (κ3) is 3.78. The van der Waals surface area contributed by atoms with Crippen molar-refractivity contribution >= 4 is 46.8 Å². The van der Waals surface area contributed by atoms with Crippen LogP contribution in [0.25, 0.3) is 0 Å². The summed E-state index contributed by atoms with van der Waals surface area (Å²) in [5.74, 6) is 0. The van der Waals surface area contributed by atoms with E-state index in [1.807, 2.05) is 0 Å². The Hall–Kier alpha value is -2.94. The number of hydrogen-bond donors (Lipinski definition) is 0. The summed E-state index contributed by atoms with van der Waals surface area (Å²) in [6, 6.07) is 36.3. The highest BCUT2D eigenvalue weighted by atomic mass is 35.5. The average molecular weight is 475 g/mol. The molecule has 1 aliphatic heterocycles. The standard InChI is InChI=1S/C29H27ClN2.ClH/c1-3-31(4-2)23-20-18-22(19-21-23)29(30)25-14-8-10-16-27(25)32(24-12-6-5-7-13-24)28-17-11-9-15-26(28)29;/h5-21H,3-4H2,1-2H3;1H. The van der Waals surface area contributed by atoms with E-state index < -0.39 is 4.87 Å². The van der Waals surface area contributed by atoms with Crippen LogP contribution in [-0.2, 0) is 4.87 Å². The molecule has 5 rings (SSSR count). The molecule has 0 saturated heterocycles. The molecule has 33 heavy (non-hydrogen) atoms. The van der Waals surface area contributed by atoms with E-state index in [0.29, 0.717) is 0 Å². The van der Waals surface area contributed by atoms with E-state index in [1.165, 1.54) is 5.69 Å². The highest BCUT2D eigenvalue weighted by Gasteiger charge is 2.43. The number of benzene rings is 4. The van der Waals surface area contributed by atoms with Gasteiger partial charge in [-0.25, -0.2) is 0 Å². The zero-order valence-corrected chi connectivity index (χ0v) is 20.5. The number of rotatable bonds is 5. The summed E-state index contributed by atoms with van der Waals surface area (Å²) in [5.41, 5.74) is 7.85. The first-order chi connectivity index (χ1) is 15.7. The first kappa shape index (κ1) is 23.2. The topological polar surface area (TPSA) is 6.48 Å². The van der Waals surface area contributed by atoms with Crippen molar-refractivity contribution < 1.29 is 0 Å². The molecule has 4 aromatic carbocycles. The van der Waals surface area contributed by atoms with Gasteiger partial charge in [0.05, 0.1) is 11.4 Å². The van der Waals surface area contributed by atoms with Crippen molar-refractivity contribution in [1.82, 2.24) is 0 Å². The highest BCUT2D eigenvalue weighted by molar-refractivity contribution is 6.30. The second-order valence-corrected chi connectivity index (χ2v) is 8.65. The maximum atomic E-state index is 7.67. The maximum absolute atomic E-state index is 7.67. The molecule has 1 heterocycles. The fraction of sp³-hybridized carbons (Fsp3) is 0.172. The molecule has 0 N–H and O–H groups in total. The van der Waals surface area contributed by atoms with Gasteiger partial charge in [-0.15, -0.1) is 24.0 Å². The molecule has 2 nitrogen and oxygen atoms in total. The third-order valence-corrected chi connectivity index (χ3v) is 7.07. The van der Waals surface area contributed by atoms with Crippen LogP contribution >= 0.6 is 24.0 Å². The van der Waals surface area contributed by atoms with Crippen molar-refractivity contribution in [2.45, 2.75) is 18.7 Å². The molecule has 0 amide bonds. The van der Waals surface area contributed by atoms with Crippen molar-refractivity contribution in [2.24, 2.45) is 0 Å². The molecule has 4 heteroatoms. The van der Waals surface area contributed by atoms with E-state index in [2.05, 4.69) is 127 Å². The minimum atomic E-state index is -0.764. The van der Waals surface area contributed by atoms with E-state index in [1.54, 1.807) is 0 Å². The monoisotopic (exact) mass is 474 g/mol. The molecular weight excluding hydrogens is 447 g/mol. The predicted molar refractivity (Wildman–Crippen MR) is 144 cm³/mol. The van der Waals surface area contributed by atoms with Gasteiger partial charge in [0.25, 0.3) is 0 Å². The van der Waals surface area contributed by atoms with Crippen LogP contribution in [0.15, 0.2) is 103 Å². The van der Waals surface area contributed by atoms with Crippen molar-refractivity contribution in [2.75, 3.05) is 22.9 Å². The zero-order chi connectivity index (χ0) is 22.1. The minimum absolute atomic E-state index is 0. The maximum Gasteiger partial charge on any atom is 0.123 e. The Kier molecular flexibility index (Phi) is 6.69. The van der Waals surface area contributed by atoms with Gasteiger partial charge >= 0.3 is 0 Å². The molecule has 0 aromatic heterocycles. The Morgan fingerprint density at radius 2 is 1.15 bits per heavy atom. The van der Waals surface area contributed by atoms with Crippen LogP contribution in [0.1, 0.15) is 30.5 Å². The van der Waals surface area contributed by atoms with Crippen LogP contribution < -0.4 is 9.80 Å². The molecule has 1 aliphatic rings. The lowest BCUT2D eigenvalue weighted by Crippen LogP contribution is -2.32. The van der Waals surface area contributed by atoms with Gasteiger partial charge in [0.2, 0.25) is 0 Å². The van der Waals surface area contributed by atoms with E-state index in [4.69, 9.17) is 11.6 Å². The summed E-state index contributed by atoms with van der Waals surface area (Å²) in [4.78, 5) is 3.90. The Morgan fingerprint density at radius 3 is 1.67 bits per heavy atom. The molecule has 168 valence electrons.